The third-order valence-electron chi connectivity index (χ3n) is 3.29. The first-order chi connectivity index (χ1) is 9.23. The van der Waals surface area contributed by atoms with Crippen LogP contribution >= 0.6 is 11.6 Å². The molecule has 1 unspecified atom stereocenters. The van der Waals surface area contributed by atoms with E-state index in [4.69, 9.17) is 17.3 Å². The smallest absolute Gasteiger partial charge is 0.155 e. The number of aryl methyl sites for hydroxylation is 1. The second kappa shape index (κ2) is 5.10. The van der Waals surface area contributed by atoms with E-state index in [0.29, 0.717) is 27.7 Å². The van der Waals surface area contributed by atoms with E-state index in [0.717, 1.165) is 0 Å². The predicted molar refractivity (Wildman–Crippen MR) is 81.3 cm³/mol. The van der Waals surface area contributed by atoms with Crippen molar-refractivity contribution >= 4 is 27.3 Å². The standard InChI is InChI=1S/C13H16ClN3O2S/c1-8(20(3,18)19)12-11(13(15)17(2)16-12)9-6-4-5-7-10(9)14/h4-8H,15H2,1-3H3. The molecule has 2 rings (SSSR count). The fraction of sp³-hybridized carbons (Fsp3) is 0.308. The molecule has 0 aliphatic rings. The van der Waals surface area contributed by atoms with Crippen LogP contribution in [0.3, 0.4) is 0 Å². The molecule has 1 atom stereocenters. The van der Waals surface area contributed by atoms with E-state index in [1.807, 2.05) is 6.07 Å². The number of nitrogen functional groups attached to an aromatic ring is 1. The van der Waals surface area contributed by atoms with Crippen LogP contribution < -0.4 is 5.73 Å². The van der Waals surface area contributed by atoms with Gasteiger partial charge in [-0.2, -0.15) is 5.10 Å². The van der Waals surface area contributed by atoms with Gasteiger partial charge >= 0.3 is 0 Å². The molecule has 2 aromatic rings. The number of halogens is 1. The van der Waals surface area contributed by atoms with E-state index in [1.54, 1.807) is 32.2 Å². The third-order valence-corrected chi connectivity index (χ3v) is 5.13. The zero-order valence-corrected chi connectivity index (χ0v) is 13.0. The second-order valence-corrected chi connectivity index (χ2v) is 7.49. The van der Waals surface area contributed by atoms with Crippen LogP contribution in [0.15, 0.2) is 24.3 Å². The molecule has 2 N–H and O–H groups in total. The summed E-state index contributed by atoms with van der Waals surface area (Å²) in [6.45, 7) is 1.59. The topological polar surface area (TPSA) is 78.0 Å². The highest BCUT2D eigenvalue weighted by Crippen LogP contribution is 2.38. The highest BCUT2D eigenvalue weighted by Gasteiger charge is 2.27. The van der Waals surface area contributed by atoms with Crippen LogP contribution in [0.2, 0.25) is 5.02 Å². The summed E-state index contributed by atoms with van der Waals surface area (Å²) in [6, 6.07) is 7.16. The largest absolute Gasteiger partial charge is 0.383 e. The minimum atomic E-state index is -3.28. The lowest BCUT2D eigenvalue weighted by Crippen LogP contribution is -2.09. The van der Waals surface area contributed by atoms with Crippen LogP contribution in [0.5, 0.6) is 0 Å². The van der Waals surface area contributed by atoms with Gasteiger partial charge < -0.3 is 5.73 Å². The first-order valence-electron chi connectivity index (χ1n) is 5.99. The van der Waals surface area contributed by atoms with Gasteiger partial charge in [0.05, 0.1) is 5.69 Å². The van der Waals surface area contributed by atoms with Crippen molar-refractivity contribution in [2.75, 3.05) is 12.0 Å². The Hall–Kier alpha value is -1.53. The van der Waals surface area contributed by atoms with Crippen LogP contribution in [-0.4, -0.2) is 24.5 Å². The van der Waals surface area contributed by atoms with Gasteiger partial charge in [0.2, 0.25) is 0 Å². The van der Waals surface area contributed by atoms with Gasteiger partial charge in [-0.3, -0.25) is 4.68 Å². The highest BCUT2D eigenvalue weighted by molar-refractivity contribution is 7.90. The first kappa shape index (κ1) is 14.9. The molecule has 0 saturated heterocycles. The van der Waals surface area contributed by atoms with E-state index < -0.39 is 15.1 Å². The zero-order valence-electron chi connectivity index (χ0n) is 11.5. The SMILES string of the molecule is CC(c1nn(C)c(N)c1-c1ccccc1Cl)S(C)(=O)=O. The molecule has 0 fully saturated rings. The van der Waals surface area contributed by atoms with Crippen LogP contribution in [0.4, 0.5) is 5.82 Å². The number of hydrogen-bond donors (Lipinski definition) is 1. The van der Waals surface area contributed by atoms with Gasteiger partial charge in [-0.25, -0.2) is 8.42 Å². The van der Waals surface area contributed by atoms with Crippen LogP contribution in [0.25, 0.3) is 11.1 Å². The van der Waals surface area contributed by atoms with Crippen molar-refractivity contribution in [2.24, 2.45) is 7.05 Å². The van der Waals surface area contributed by atoms with Crippen molar-refractivity contribution in [3.05, 3.63) is 35.0 Å². The first-order valence-corrected chi connectivity index (χ1v) is 8.33. The van der Waals surface area contributed by atoms with Gasteiger partial charge in [0.15, 0.2) is 9.84 Å². The van der Waals surface area contributed by atoms with Crippen molar-refractivity contribution in [2.45, 2.75) is 12.2 Å². The molecular formula is C13H16ClN3O2S. The molecule has 0 amide bonds. The predicted octanol–water partition coefficient (Wildman–Crippen LogP) is 2.43. The summed E-state index contributed by atoms with van der Waals surface area (Å²) in [7, 11) is -1.60. The monoisotopic (exact) mass is 313 g/mol. The van der Waals surface area contributed by atoms with E-state index in [9.17, 15) is 8.42 Å². The van der Waals surface area contributed by atoms with Crippen molar-refractivity contribution in [1.82, 2.24) is 9.78 Å². The molecule has 20 heavy (non-hydrogen) atoms. The normalized spacial score (nSPS) is 13.4. The average Bonchev–Trinajstić information content (AvgIpc) is 2.65. The third kappa shape index (κ3) is 2.53. The Labute approximate surface area is 123 Å². The van der Waals surface area contributed by atoms with Crippen LogP contribution in [-0.2, 0) is 16.9 Å². The van der Waals surface area contributed by atoms with Crippen LogP contribution in [0.1, 0.15) is 17.9 Å². The van der Waals surface area contributed by atoms with E-state index in [-0.39, 0.29) is 0 Å². The lowest BCUT2D eigenvalue weighted by atomic mass is 10.0. The Morgan fingerprint density at radius 1 is 1.35 bits per heavy atom. The molecule has 1 aromatic carbocycles. The summed E-state index contributed by atoms with van der Waals surface area (Å²) >= 11 is 6.19. The van der Waals surface area contributed by atoms with Crippen LogP contribution in [0, 0.1) is 0 Å². The fourth-order valence-electron chi connectivity index (χ4n) is 1.99. The molecular weight excluding hydrogens is 298 g/mol. The summed E-state index contributed by atoms with van der Waals surface area (Å²) in [4.78, 5) is 0. The summed E-state index contributed by atoms with van der Waals surface area (Å²) in [5.41, 5.74) is 7.71. The number of anilines is 1. The Morgan fingerprint density at radius 3 is 2.50 bits per heavy atom. The number of hydrogen-bond acceptors (Lipinski definition) is 4. The Balaban J connectivity index is 2.74. The molecule has 0 saturated carbocycles. The molecule has 1 heterocycles. The average molecular weight is 314 g/mol. The molecule has 108 valence electrons. The summed E-state index contributed by atoms with van der Waals surface area (Å²) < 4.78 is 25.1. The van der Waals surface area contributed by atoms with E-state index >= 15 is 0 Å². The van der Waals surface area contributed by atoms with Crippen molar-refractivity contribution < 1.29 is 8.42 Å². The quantitative estimate of drug-likeness (QED) is 0.944. The number of sulfone groups is 1. The maximum Gasteiger partial charge on any atom is 0.155 e. The number of aromatic nitrogens is 2. The fourth-order valence-corrected chi connectivity index (χ4v) is 2.79. The molecule has 5 nitrogen and oxygen atoms in total. The molecule has 7 heteroatoms. The second-order valence-electron chi connectivity index (χ2n) is 4.72. The maximum atomic E-state index is 11.8. The Morgan fingerprint density at radius 2 is 1.95 bits per heavy atom. The molecule has 0 aliphatic carbocycles. The van der Waals surface area contributed by atoms with Crippen molar-refractivity contribution in [1.29, 1.82) is 0 Å². The van der Waals surface area contributed by atoms with Gasteiger partial charge in [0.25, 0.3) is 0 Å². The summed E-state index contributed by atoms with van der Waals surface area (Å²) in [5.74, 6) is 0.392. The van der Waals surface area contributed by atoms with Gasteiger partial charge in [-0.1, -0.05) is 29.8 Å². The summed E-state index contributed by atoms with van der Waals surface area (Å²) in [6.07, 6.45) is 1.18. The van der Waals surface area contributed by atoms with Crippen molar-refractivity contribution in [3.8, 4) is 11.1 Å². The molecule has 0 aliphatic heterocycles. The minimum absolute atomic E-state index is 0.392. The van der Waals surface area contributed by atoms with E-state index in [2.05, 4.69) is 5.10 Å². The van der Waals surface area contributed by atoms with Gasteiger partial charge in [-0.05, 0) is 13.0 Å². The maximum absolute atomic E-state index is 11.8. The lowest BCUT2D eigenvalue weighted by molar-refractivity contribution is 0.589. The number of nitrogens with two attached hydrogens (primary N) is 1. The van der Waals surface area contributed by atoms with Gasteiger partial charge in [0, 0.05) is 29.5 Å². The summed E-state index contributed by atoms with van der Waals surface area (Å²) in [5, 5.41) is 4.00. The van der Waals surface area contributed by atoms with Gasteiger partial charge in [0.1, 0.15) is 11.1 Å². The van der Waals surface area contributed by atoms with Gasteiger partial charge in [-0.15, -0.1) is 0 Å². The Bertz CT molecular complexity index is 753. The molecule has 1 aromatic heterocycles. The number of benzene rings is 1. The zero-order chi connectivity index (χ0) is 15.1. The Kier molecular flexibility index (Phi) is 3.80. The minimum Gasteiger partial charge on any atom is -0.383 e. The molecule has 0 bridgehead atoms. The molecule has 0 radical (unpaired) electrons. The molecule has 0 spiro atoms. The number of nitrogens with zero attached hydrogens (tertiary/aromatic N) is 2. The number of rotatable bonds is 3. The lowest BCUT2D eigenvalue weighted by Gasteiger charge is -2.10. The van der Waals surface area contributed by atoms with Crippen molar-refractivity contribution in [3.63, 3.8) is 0 Å². The van der Waals surface area contributed by atoms with E-state index in [1.165, 1.54) is 10.9 Å². The highest BCUT2D eigenvalue weighted by atomic mass is 35.5.